The van der Waals surface area contributed by atoms with Crippen molar-refractivity contribution >= 4 is 34.8 Å². The van der Waals surface area contributed by atoms with Gasteiger partial charge in [0.1, 0.15) is 11.0 Å². The van der Waals surface area contributed by atoms with Gasteiger partial charge in [-0.2, -0.15) is 0 Å². The van der Waals surface area contributed by atoms with E-state index in [1.807, 2.05) is 33.8 Å². The second-order valence-electron chi connectivity index (χ2n) is 5.69. The fourth-order valence-electron chi connectivity index (χ4n) is 1.77. The smallest absolute Gasteiger partial charge is 0.136 e. The molecule has 0 saturated heterocycles. The summed E-state index contributed by atoms with van der Waals surface area (Å²) in [6.45, 7) is 8.01. The Labute approximate surface area is 134 Å². The molecule has 0 aliphatic carbocycles. The van der Waals surface area contributed by atoms with Crippen molar-refractivity contribution in [3.63, 3.8) is 0 Å². The Morgan fingerprint density at radius 1 is 1.00 bits per heavy atom. The predicted octanol–water partition coefficient (Wildman–Crippen LogP) is 5.71. The number of rotatable bonds is 1. The van der Waals surface area contributed by atoms with Crippen LogP contribution in [-0.2, 0) is 5.41 Å². The molecule has 0 N–H and O–H groups in total. The van der Waals surface area contributed by atoms with E-state index >= 15 is 0 Å². The van der Waals surface area contributed by atoms with E-state index in [4.69, 9.17) is 34.8 Å². The summed E-state index contributed by atoms with van der Waals surface area (Å²) in [7, 11) is 0. The van der Waals surface area contributed by atoms with E-state index < -0.39 is 0 Å². The largest absolute Gasteiger partial charge is 0.232 e. The molecule has 0 bridgehead atoms. The van der Waals surface area contributed by atoms with Crippen LogP contribution in [0.2, 0.25) is 15.2 Å². The summed E-state index contributed by atoms with van der Waals surface area (Å²) in [5.41, 5.74) is 2.18. The average Bonchev–Trinajstić information content (AvgIpc) is 2.32. The molecule has 2 nitrogen and oxygen atoms in total. The van der Waals surface area contributed by atoms with Crippen LogP contribution < -0.4 is 0 Å². The van der Waals surface area contributed by atoms with Gasteiger partial charge in [0.15, 0.2) is 0 Å². The number of benzene rings is 1. The Morgan fingerprint density at radius 2 is 1.65 bits per heavy atom. The van der Waals surface area contributed by atoms with Crippen LogP contribution in [-0.4, -0.2) is 9.97 Å². The zero-order valence-electron chi connectivity index (χ0n) is 11.8. The third kappa shape index (κ3) is 3.08. The van der Waals surface area contributed by atoms with Gasteiger partial charge in [-0.25, -0.2) is 9.97 Å². The van der Waals surface area contributed by atoms with Crippen molar-refractivity contribution in [3.05, 3.63) is 44.8 Å². The highest BCUT2D eigenvalue weighted by Crippen LogP contribution is 2.34. The van der Waals surface area contributed by atoms with Gasteiger partial charge in [0.25, 0.3) is 0 Å². The van der Waals surface area contributed by atoms with Crippen molar-refractivity contribution in [1.82, 2.24) is 9.97 Å². The molecule has 106 valence electrons. The SMILES string of the molecule is Cc1c(Cl)nc(C(C)(C)C)nc1-c1ccc(Cl)cc1Cl. The second kappa shape index (κ2) is 5.51. The lowest BCUT2D eigenvalue weighted by atomic mass is 9.95. The van der Waals surface area contributed by atoms with Crippen LogP contribution in [0, 0.1) is 6.92 Å². The third-order valence-electron chi connectivity index (χ3n) is 2.94. The third-order valence-corrected chi connectivity index (χ3v) is 3.86. The van der Waals surface area contributed by atoms with Gasteiger partial charge in [0.2, 0.25) is 0 Å². The normalized spacial score (nSPS) is 11.8. The van der Waals surface area contributed by atoms with Crippen molar-refractivity contribution in [3.8, 4) is 11.3 Å². The zero-order valence-corrected chi connectivity index (χ0v) is 14.0. The van der Waals surface area contributed by atoms with Gasteiger partial charge in [-0.1, -0.05) is 55.6 Å². The number of hydrogen-bond acceptors (Lipinski definition) is 2. The minimum absolute atomic E-state index is 0.189. The maximum Gasteiger partial charge on any atom is 0.136 e. The zero-order chi connectivity index (χ0) is 15.1. The molecular formula is C15H15Cl3N2. The van der Waals surface area contributed by atoms with Crippen LogP contribution in [0.5, 0.6) is 0 Å². The lowest BCUT2D eigenvalue weighted by Gasteiger charge is -2.19. The lowest BCUT2D eigenvalue weighted by molar-refractivity contribution is 0.545. The summed E-state index contributed by atoms with van der Waals surface area (Å²) < 4.78 is 0. The Balaban J connectivity index is 2.70. The molecule has 1 aromatic carbocycles. The van der Waals surface area contributed by atoms with Gasteiger partial charge >= 0.3 is 0 Å². The number of aromatic nitrogens is 2. The maximum absolute atomic E-state index is 6.27. The first-order chi connectivity index (χ1) is 9.20. The fourth-order valence-corrected chi connectivity index (χ4v) is 2.44. The standard InChI is InChI=1S/C15H15Cl3N2/c1-8-12(10-6-5-9(16)7-11(10)17)19-14(15(2,3)4)20-13(8)18/h5-7H,1-4H3. The molecule has 0 fully saturated rings. The van der Waals surface area contributed by atoms with Gasteiger partial charge in [0, 0.05) is 21.6 Å². The molecule has 0 amide bonds. The molecule has 1 aromatic heterocycles. The maximum atomic E-state index is 6.27. The minimum Gasteiger partial charge on any atom is -0.232 e. The highest BCUT2D eigenvalue weighted by atomic mass is 35.5. The van der Waals surface area contributed by atoms with E-state index in [-0.39, 0.29) is 5.41 Å². The highest BCUT2D eigenvalue weighted by molar-refractivity contribution is 6.36. The lowest BCUT2D eigenvalue weighted by Crippen LogP contribution is -2.17. The number of nitrogens with zero attached hydrogens (tertiary/aromatic N) is 2. The molecule has 1 heterocycles. The molecule has 0 unspecified atom stereocenters. The average molecular weight is 330 g/mol. The first-order valence-corrected chi connectivity index (χ1v) is 7.33. The van der Waals surface area contributed by atoms with E-state index in [9.17, 15) is 0 Å². The van der Waals surface area contributed by atoms with Crippen LogP contribution in [0.4, 0.5) is 0 Å². The van der Waals surface area contributed by atoms with E-state index in [0.717, 1.165) is 16.8 Å². The second-order valence-corrected chi connectivity index (χ2v) is 6.89. The molecule has 0 radical (unpaired) electrons. The Bertz CT molecular complexity index is 661. The van der Waals surface area contributed by atoms with Crippen molar-refractivity contribution in [2.24, 2.45) is 0 Å². The molecule has 0 spiro atoms. The summed E-state index contributed by atoms with van der Waals surface area (Å²) in [5.74, 6) is 0.689. The van der Waals surface area contributed by atoms with Crippen LogP contribution in [0.3, 0.4) is 0 Å². The van der Waals surface area contributed by atoms with Crippen molar-refractivity contribution in [1.29, 1.82) is 0 Å². The van der Waals surface area contributed by atoms with Crippen LogP contribution in [0.25, 0.3) is 11.3 Å². The summed E-state index contributed by atoms with van der Waals surface area (Å²) in [4.78, 5) is 9.00. The Hall–Kier alpha value is -0.830. The summed E-state index contributed by atoms with van der Waals surface area (Å²) in [6, 6.07) is 5.34. The van der Waals surface area contributed by atoms with Crippen molar-refractivity contribution in [2.75, 3.05) is 0 Å². The molecular weight excluding hydrogens is 315 g/mol. The van der Waals surface area contributed by atoms with E-state index in [1.54, 1.807) is 12.1 Å². The number of halogens is 3. The molecule has 0 aliphatic heterocycles. The molecule has 20 heavy (non-hydrogen) atoms. The van der Waals surface area contributed by atoms with Crippen LogP contribution >= 0.6 is 34.8 Å². The monoisotopic (exact) mass is 328 g/mol. The molecule has 0 saturated carbocycles. The molecule has 5 heteroatoms. The molecule has 0 aliphatic rings. The molecule has 2 aromatic rings. The van der Waals surface area contributed by atoms with Crippen molar-refractivity contribution < 1.29 is 0 Å². The highest BCUT2D eigenvalue weighted by Gasteiger charge is 2.22. The van der Waals surface area contributed by atoms with Crippen LogP contribution in [0.1, 0.15) is 32.2 Å². The van der Waals surface area contributed by atoms with Gasteiger partial charge < -0.3 is 0 Å². The number of hydrogen-bond donors (Lipinski definition) is 0. The van der Waals surface area contributed by atoms with E-state index in [2.05, 4.69) is 9.97 Å². The molecule has 2 rings (SSSR count). The van der Waals surface area contributed by atoms with Gasteiger partial charge in [-0.05, 0) is 25.1 Å². The van der Waals surface area contributed by atoms with Crippen LogP contribution in [0.15, 0.2) is 18.2 Å². The predicted molar refractivity (Wildman–Crippen MR) is 85.9 cm³/mol. The van der Waals surface area contributed by atoms with Gasteiger partial charge in [-0.15, -0.1) is 0 Å². The first kappa shape index (κ1) is 15.6. The van der Waals surface area contributed by atoms with Gasteiger partial charge in [-0.3, -0.25) is 0 Å². The summed E-state index contributed by atoms with van der Waals surface area (Å²) in [5, 5.41) is 1.59. The summed E-state index contributed by atoms with van der Waals surface area (Å²) in [6.07, 6.45) is 0. The Kier molecular flexibility index (Phi) is 4.29. The first-order valence-electron chi connectivity index (χ1n) is 6.20. The van der Waals surface area contributed by atoms with Gasteiger partial charge in [0.05, 0.1) is 10.7 Å². The quantitative estimate of drug-likeness (QED) is 0.626. The minimum atomic E-state index is -0.189. The fraction of sp³-hybridized carbons (Fsp3) is 0.333. The topological polar surface area (TPSA) is 25.8 Å². The van der Waals surface area contributed by atoms with E-state index in [1.165, 1.54) is 0 Å². The molecule has 0 atom stereocenters. The summed E-state index contributed by atoms with van der Waals surface area (Å²) >= 11 is 18.4. The van der Waals surface area contributed by atoms with E-state index in [0.29, 0.717) is 21.0 Å². The van der Waals surface area contributed by atoms with Crippen molar-refractivity contribution in [2.45, 2.75) is 33.1 Å². The Morgan fingerprint density at radius 3 is 2.20 bits per heavy atom.